The van der Waals surface area contributed by atoms with E-state index in [0.717, 1.165) is 33.7 Å². The van der Waals surface area contributed by atoms with Gasteiger partial charge in [-0.25, -0.2) is 5.10 Å². The number of nitrogens with zero attached hydrogens (tertiary/aromatic N) is 1. The topological polar surface area (TPSA) is 55.0 Å². The van der Waals surface area contributed by atoms with E-state index >= 15 is 0 Å². The van der Waals surface area contributed by atoms with Gasteiger partial charge in [0.15, 0.2) is 0 Å². The van der Waals surface area contributed by atoms with E-state index in [4.69, 9.17) is 4.74 Å². The van der Waals surface area contributed by atoms with Crippen molar-refractivity contribution < 1.29 is 4.74 Å². The third kappa shape index (κ3) is 3.25. The van der Waals surface area contributed by atoms with Gasteiger partial charge in [0.1, 0.15) is 5.75 Å². The zero-order chi connectivity index (χ0) is 18.6. The molecule has 0 radical (unpaired) electrons. The lowest BCUT2D eigenvalue weighted by atomic mass is 9.92. The van der Waals surface area contributed by atoms with Crippen LogP contribution in [0.4, 0.5) is 0 Å². The zero-order valence-corrected chi connectivity index (χ0v) is 14.8. The summed E-state index contributed by atoms with van der Waals surface area (Å²) in [5, 5.41) is 7.05. The maximum atomic E-state index is 12.8. The van der Waals surface area contributed by atoms with Crippen molar-refractivity contribution in [1.82, 2.24) is 10.2 Å². The van der Waals surface area contributed by atoms with Crippen molar-refractivity contribution in [1.29, 1.82) is 0 Å². The summed E-state index contributed by atoms with van der Waals surface area (Å²) in [4.78, 5) is 12.8. The summed E-state index contributed by atoms with van der Waals surface area (Å²) < 4.78 is 5.24. The normalized spacial score (nSPS) is 10.6. The van der Waals surface area contributed by atoms with Gasteiger partial charge in [0.05, 0.1) is 18.4 Å². The lowest BCUT2D eigenvalue weighted by Crippen LogP contribution is -2.14. The van der Waals surface area contributed by atoms with Gasteiger partial charge in [-0.05, 0) is 23.3 Å². The fourth-order valence-electron chi connectivity index (χ4n) is 3.17. The number of ether oxygens (including phenoxy) is 1. The van der Waals surface area contributed by atoms with E-state index in [-0.39, 0.29) is 5.56 Å². The first-order chi connectivity index (χ1) is 13.3. The average Bonchev–Trinajstić information content (AvgIpc) is 2.75. The van der Waals surface area contributed by atoms with Crippen molar-refractivity contribution in [2.75, 3.05) is 7.11 Å². The number of aromatic amines is 1. The molecular weight excluding hydrogens is 336 g/mol. The van der Waals surface area contributed by atoms with E-state index in [9.17, 15) is 4.79 Å². The van der Waals surface area contributed by atoms with Crippen LogP contribution in [0.15, 0.2) is 89.7 Å². The first kappa shape index (κ1) is 16.8. The summed E-state index contributed by atoms with van der Waals surface area (Å²) in [7, 11) is 1.62. The number of methoxy groups -OCH3 is 1. The van der Waals surface area contributed by atoms with E-state index < -0.39 is 0 Å². The highest BCUT2D eigenvalue weighted by Crippen LogP contribution is 2.36. The minimum atomic E-state index is -0.223. The van der Waals surface area contributed by atoms with Crippen LogP contribution in [0.1, 0.15) is 0 Å². The predicted octanol–water partition coefficient (Wildman–Crippen LogP) is 4.78. The van der Waals surface area contributed by atoms with Gasteiger partial charge < -0.3 is 4.74 Å². The number of hydrogen-bond donors (Lipinski definition) is 1. The Kier molecular flexibility index (Phi) is 4.54. The monoisotopic (exact) mass is 354 g/mol. The van der Waals surface area contributed by atoms with Crippen molar-refractivity contribution >= 4 is 0 Å². The molecule has 1 aromatic heterocycles. The highest BCUT2D eigenvalue weighted by molar-refractivity contribution is 5.92. The Balaban J connectivity index is 2.04. The van der Waals surface area contributed by atoms with Crippen molar-refractivity contribution in [3.8, 4) is 39.3 Å². The third-order valence-electron chi connectivity index (χ3n) is 4.47. The molecule has 0 spiro atoms. The molecule has 132 valence electrons. The van der Waals surface area contributed by atoms with E-state index in [2.05, 4.69) is 10.2 Å². The quantitative estimate of drug-likeness (QED) is 0.574. The van der Waals surface area contributed by atoms with E-state index in [0.29, 0.717) is 5.56 Å². The first-order valence-corrected chi connectivity index (χ1v) is 8.66. The van der Waals surface area contributed by atoms with E-state index in [1.165, 1.54) is 0 Å². The molecule has 0 aliphatic carbocycles. The second-order valence-corrected chi connectivity index (χ2v) is 6.11. The van der Waals surface area contributed by atoms with Crippen LogP contribution in [-0.2, 0) is 0 Å². The summed E-state index contributed by atoms with van der Waals surface area (Å²) in [6, 6.07) is 27.2. The lowest BCUT2D eigenvalue weighted by molar-refractivity contribution is 0.415. The van der Waals surface area contributed by atoms with Crippen LogP contribution in [0.25, 0.3) is 33.5 Å². The van der Waals surface area contributed by atoms with Crippen LogP contribution < -0.4 is 10.3 Å². The molecule has 4 aromatic rings. The van der Waals surface area contributed by atoms with Gasteiger partial charge in [-0.1, -0.05) is 72.8 Å². The maximum Gasteiger partial charge on any atom is 0.272 e. The van der Waals surface area contributed by atoms with Crippen LogP contribution in [0.5, 0.6) is 5.75 Å². The Morgan fingerprint density at radius 1 is 0.704 bits per heavy atom. The van der Waals surface area contributed by atoms with Gasteiger partial charge >= 0.3 is 0 Å². The summed E-state index contributed by atoms with van der Waals surface area (Å²) in [6.07, 6.45) is 0. The molecule has 4 rings (SSSR count). The van der Waals surface area contributed by atoms with Gasteiger partial charge in [0.25, 0.3) is 5.56 Å². The molecule has 4 heteroatoms. The van der Waals surface area contributed by atoms with Crippen LogP contribution in [0, 0.1) is 0 Å². The Hall–Kier alpha value is -3.66. The molecule has 1 N–H and O–H groups in total. The van der Waals surface area contributed by atoms with Gasteiger partial charge in [-0.15, -0.1) is 0 Å². The van der Waals surface area contributed by atoms with Crippen molar-refractivity contribution in [2.24, 2.45) is 0 Å². The van der Waals surface area contributed by atoms with Crippen LogP contribution in [0.3, 0.4) is 0 Å². The van der Waals surface area contributed by atoms with Gasteiger partial charge in [-0.2, -0.15) is 5.10 Å². The Morgan fingerprint density at radius 3 is 1.85 bits per heavy atom. The molecule has 0 saturated carbocycles. The summed E-state index contributed by atoms with van der Waals surface area (Å²) in [6.45, 7) is 0. The first-order valence-electron chi connectivity index (χ1n) is 8.66. The molecule has 27 heavy (non-hydrogen) atoms. The Morgan fingerprint density at radius 2 is 1.26 bits per heavy atom. The molecule has 0 unspecified atom stereocenters. The number of H-pyrrole nitrogens is 1. The molecule has 0 saturated heterocycles. The minimum Gasteiger partial charge on any atom is -0.497 e. The zero-order valence-electron chi connectivity index (χ0n) is 14.8. The van der Waals surface area contributed by atoms with Crippen LogP contribution >= 0.6 is 0 Å². The summed E-state index contributed by atoms with van der Waals surface area (Å²) in [5.41, 5.74) is 4.64. The largest absolute Gasteiger partial charge is 0.497 e. The summed E-state index contributed by atoms with van der Waals surface area (Å²) >= 11 is 0. The minimum absolute atomic E-state index is 0.223. The second kappa shape index (κ2) is 7.30. The molecule has 0 aliphatic heterocycles. The number of benzene rings is 3. The second-order valence-electron chi connectivity index (χ2n) is 6.11. The molecule has 0 fully saturated rings. The Labute approximate surface area is 157 Å². The number of hydrogen-bond acceptors (Lipinski definition) is 3. The fraction of sp³-hybridized carbons (Fsp3) is 0.0435. The third-order valence-corrected chi connectivity index (χ3v) is 4.47. The highest BCUT2D eigenvalue weighted by Gasteiger charge is 2.18. The summed E-state index contributed by atoms with van der Waals surface area (Å²) in [5.74, 6) is 0.744. The average molecular weight is 354 g/mol. The van der Waals surface area contributed by atoms with Crippen molar-refractivity contribution in [3.63, 3.8) is 0 Å². The molecule has 0 aliphatic rings. The van der Waals surface area contributed by atoms with Crippen LogP contribution in [-0.4, -0.2) is 17.3 Å². The van der Waals surface area contributed by atoms with Gasteiger partial charge in [0.2, 0.25) is 0 Å². The molecular formula is C23H18N2O2. The van der Waals surface area contributed by atoms with Crippen molar-refractivity contribution in [3.05, 3.63) is 95.3 Å². The predicted molar refractivity (Wildman–Crippen MR) is 108 cm³/mol. The molecule has 4 nitrogen and oxygen atoms in total. The smallest absolute Gasteiger partial charge is 0.272 e. The van der Waals surface area contributed by atoms with Gasteiger partial charge in [0, 0.05) is 11.1 Å². The number of nitrogens with one attached hydrogen (secondary N) is 1. The molecule has 3 aromatic carbocycles. The number of aromatic nitrogens is 2. The van der Waals surface area contributed by atoms with Gasteiger partial charge in [-0.3, -0.25) is 4.79 Å². The molecule has 0 bridgehead atoms. The fourth-order valence-corrected chi connectivity index (χ4v) is 3.17. The molecule has 0 amide bonds. The highest BCUT2D eigenvalue weighted by atomic mass is 16.5. The molecule has 0 atom stereocenters. The van der Waals surface area contributed by atoms with E-state index in [1.807, 2.05) is 84.9 Å². The van der Waals surface area contributed by atoms with E-state index in [1.54, 1.807) is 7.11 Å². The SMILES string of the molecule is COc1ccc(-c2c(-c3ccccc3)c(-c3ccccc3)n[nH]c2=O)cc1. The Bertz CT molecular complexity index is 1100. The maximum absolute atomic E-state index is 12.8. The number of rotatable bonds is 4. The molecule has 1 heterocycles. The lowest BCUT2D eigenvalue weighted by Gasteiger charge is -2.14. The standard InChI is InChI=1S/C23H18N2O2/c1-27-19-14-12-17(13-15-19)21-20(16-8-4-2-5-9-16)22(24-25-23(21)26)18-10-6-3-7-11-18/h2-15H,1H3,(H,25,26). The van der Waals surface area contributed by atoms with Crippen LogP contribution in [0.2, 0.25) is 0 Å². The van der Waals surface area contributed by atoms with Crippen molar-refractivity contribution in [2.45, 2.75) is 0 Å².